The first-order valence-corrected chi connectivity index (χ1v) is 6.51. The quantitative estimate of drug-likeness (QED) is 0.788. The van der Waals surface area contributed by atoms with Crippen LogP contribution in [0.1, 0.15) is 36.9 Å². The molecule has 3 N–H and O–H groups in total. The van der Waals surface area contributed by atoms with Gasteiger partial charge in [0.25, 0.3) is 0 Å². The molecule has 0 saturated heterocycles. The first-order chi connectivity index (χ1) is 9.42. The standard InChI is InChI=1S/C15H19F3N2/c1-3-5-13(4-2)20-14(10-19)11-6-8-12(9-7-11)15(16,17)18/h2,6-9,13-14,20H,3,5,10,19H2,1H3. The third-order valence-electron chi connectivity index (χ3n) is 3.06. The minimum absolute atomic E-state index is 0.129. The zero-order chi connectivity index (χ0) is 15.2. The maximum atomic E-state index is 12.5. The molecule has 1 aromatic carbocycles. The van der Waals surface area contributed by atoms with Gasteiger partial charge >= 0.3 is 6.18 Å². The Labute approximate surface area is 117 Å². The van der Waals surface area contributed by atoms with Crippen molar-refractivity contribution in [2.75, 3.05) is 6.54 Å². The molecule has 1 aromatic rings. The van der Waals surface area contributed by atoms with Crippen LogP contribution >= 0.6 is 0 Å². The van der Waals surface area contributed by atoms with Crippen molar-refractivity contribution >= 4 is 0 Å². The number of rotatable bonds is 6. The van der Waals surface area contributed by atoms with Crippen molar-refractivity contribution in [2.45, 2.75) is 38.0 Å². The van der Waals surface area contributed by atoms with E-state index in [9.17, 15) is 13.2 Å². The summed E-state index contributed by atoms with van der Waals surface area (Å²) in [5.74, 6) is 2.63. The highest BCUT2D eigenvalue weighted by molar-refractivity contribution is 5.27. The van der Waals surface area contributed by atoms with Crippen LogP contribution in [-0.4, -0.2) is 12.6 Å². The van der Waals surface area contributed by atoms with Gasteiger partial charge in [0, 0.05) is 12.6 Å². The van der Waals surface area contributed by atoms with Gasteiger partial charge in [-0.25, -0.2) is 0 Å². The lowest BCUT2D eigenvalue weighted by molar-refractivity contribution is -0.137. The van der Waals surface area contributed by atoms with Gasteiger partial charge in [-0.05, 0) is 24.1 Å². The van der Waals surface area contributed by atoms with Crippen molar-refractivity contribution in [1.82, 2.24) is 5.32 Å². The van der Waals surface area contributed by atoms with Gasteiger partial charge in [-0.2, -0.15) is 13.2 Å². The van der Waals surface area contributed by atoms with Gasteiger partial charge in [-0.15, -0.1) is 6.42 Å². The minimum Gasteiger partial charge on any atom is -0.329 e. The predicted octanol–water partition coefficient (Wildman–Crippen LogP) is 3.10. The molecule has 0 radical (unpaired) electrons. The highest BCUT2D eigenvalue weighted by atomic mass is 19.4. The zero-order valence-electron chi connectivity index (χ0n) is 11.4. The first kappa shape index (κ1) is 16.5. The maximum Gasteiger partial charge on any atom is 0.416 e. The number of alkyl halides is 3. The first-order valence-electron chi connectivity index (χ1n) is 6.51. The number of halogens is 3. The number of terminal acetylenes is 1. The Kier molecular flexibility index (Phi) is 6.05. The molecular formula is C15H19F3N2. The molecule has 5 heteroatoms. The molecule has 0 bridgehead atoms. The van der Waals surface area contributed by atoms with Crippen LogP contribution in [0.2, 0.25) is 0 Å². The molecule has 2 atom stereocenters. The highest BCUT2D eigenvalue weighted by Gasteiger charge is 2.30. The molecule has 0 heterocycles. The molecule has 0 aliphatic carbocycles. The Bertz CT molecular complexity index is 446. The number of nitrogens with two attached hydrogens (primary N) is 1. The molecule has 110 valence electrons. The molecule has 20 heavy (non-hydrogen) atoms. The van der Waals surface area contributed by atoms with E-state index >= 15 is 0 Å². The normalized spacial score (nSPS) is 14.6. The molecule has 0 aliphatic heterocycles. The van der Waals surface area contributed by atoms with Gasteiger partial charge in [-0.1, -0.05) is 31.4 Å². The van der Waals surface area contributed by atoms with Crippen molar-refractivity contribution < 1.29 is 13.2 Å². The van der Waals surface area contributed by atoms with E-state index in [2.05, 4.69) is 11.2 Å². The van der Waals surface area contributed by atoms with Gasteiger partial charge in [0.15, 0.2) is 0 Å². The molecule has 0 fully saturated rings. The van der Waals surface area contributed by atoms with Gasteiger partial charge in [0.1, 0.15) is 0 Å². The Morgan fingerprint density at radius 1 is 1.30 bits per heavy atom. The molecule has 0 spiro atoms. The van der Waals surface area contributed by atoms with Gasteiger partial charge in [0.2, 0.25) is 0 Å². The summed E-state index contributed by atoms with van der Waals surface area (Å²) < 4.78 is 37.5. The highest BCUT2D eigenvalue weighted by Crippen LogP contribution is 2.29. The maximum absolute atomic E-state index is 12.5. The summed E-state index contributed by atoms with van der Waals surface area (Å²) in [5.41, 5.74) is 5.71. The third-order valence-corrected chi connectivity index (χ3v) is 3.06. The molecule has 0 saturated carbocycles. The second-order valence-electron chi connectivity index (χ2n) is 4.58. The van der Waals surface area contributed by atoms with Crippen molar-refractivity contribution in [2.24, 2.45) is 5.73 Å². The van der Waals surface area contributed by atoms with Crippen molar-refractivity contribution in [3.63, 3.8) is 0 Å². The predicted molar refractivity (Wildman–Crippen MR) is 73.9 cm³/mol. The van der Waals surface area contributed by atoms with E-state index in [0.29, 0.717) is 5.56 Å². The number of benzene rings is 1. The summed E-state index contributed by atoms with van der Waals surface area (Å²) in [4.78, 5) is 0. The smallest absolute Gasteiger partial charge is 0.329 e. The minimum atomic E-state index is -4.33. The van der Waals surface area contributed by atoms with E-state index in [1.807, 2.05) is 6.92 Å². The summed E-state index contributed by atoms with van der Waals surface area (Å²) in [5, 5.41) is 3.19. The average molecular weight is 284 g/mol. The van der Waals surface area contributed by atoms with E-state index in [1.54, 1.807) is 0 Å². The number of hydrogen-bond donors (Lipinski definition) is 2. The van der Waals surface area contributed by atoms with Gasteiger partial charge < -0.3 is 5.73 Å². The molecule has 1 rings (SSSR count). The second-order valence-corrected chi connectivity index (χ2v) is 4.58. The zero-order valence-corrected chi connectivity index (χ0v) is 11.4. The SMILES string of the molecule is C#CC(CCC)NC(CN)c1ccc(C(F)(F)F)cc1. The Balaban J connectivity index is 2.83. The number of hydrogen-bond acceptors (Lipinski definition) is 2. The summed E-state index contributed by atoms with van der Waals surface area (Å²) >= 11 is 0. The van der Waals surface area contributed by atoms with Gasteiger partial charge in [-0.3, -0.25) is 5.32 Å². The van der Waals surface area contributed by atoms with E-state index < -0.39 is 11.7 Å². The monoisotopic (exact) mass is 284 g/mol. The fraction of sp³-hybridized carbons (Fsp3) is 0.467. The van der Waals surface area contributed by atoms with Crippen LogP contribution in [0.3, 0.4) is 0 Å². The summed E-state index contributed by atoms with van der Waals surface area (Å²) in [6.07, 6.45) is 2.82. The van der Waals surface area contributed by atoms with Crippen molar-refractivity contribution in [3.8, 4) is 12.3 Å². The molecule has 0 aromatic heterocycles. The Morgan fingerprint density at radius 3 is 2.30 bits per heavy atom. The van der Waals surface area contributed by atoms with Crippen LogP contribution in [0, 0.1) is 12.3 Å². The summed E-state index contributed by atoms with van der Waals surface area (Å²) in [6, 6.07) is 4.62. The van der Waals surface area contributed by atoms with Crippen LogP contribution in [-0.2, 0) is 6.18 Å². The molecule has 2 unspecified atom stereocenters. The van der Waals surface area contributed by atoms with Crippen LogP contribution in [0.4, 0.5) is 13.2 Å². The van der Waals surface area contributed by atoms with E-state index in [1.165, 1.54) is 12.1 Å². The fourth-order valence-electron chi connectivity index (χ4n) is 1.95. The fourth-order valence-corrected chi connectivity index (χ4v) is 1.95. The van der Waals surface area contributed by atoms with E-state index in [0.717, 1.165) is 25.0 Å². The van der Waals surface area contributed by atoms with E-state index in [4.69, 9.17) is 12.2 Å². The van der Waals surface area contributed by atoms with Crippen molar-refractivity contribution in [1.29, 1.82) is 0 Å². The molecule has 0 aliphatic rings. The van der Waals surface area contributed by atoms with Gasteiger partial charge in [0.05, 0.1) is 11.6 Å². The lowest BCUT2D eigenvalue weighted by Crippen LogP contribution is -2.35. The second kappa shape index (κ2) is 7.32. The molecule has 2 nitrogen and oxygen atoms in total. The third kappa shape index (κ3) is 4.55. The number of nitrogens with one attached hydrogen (secondary N) is 1. The largest absolute Gasteiger partial charge is 0.416 e. The molecule has 0 amide bonds. The Hall–Kier alpha value is -1.51. The van der Waals surface area contributed by atoms with Crippen LogP contribution < -0.4 is 11.1 Å². The average Bonchev–Trinajstić information content (AvgIpc) is 2.42. The van der Waals surface area contributed by atoms with E-state index in [-0.39, 0.29) is 18.6 Å². The van der Waals surface area contributed by atoms with Crippen LogP contribution in [0.5, 0.6) is 0 Å². The van der Waals surface area contributed by atoms with Crippen molar-refractivity contribution in [3.05, 3.63) is 35.4 Å². The lowest BCUT2D eigenvalue weighted by Gasteiger charge is -2.22. The topological polar surface area (TPSA) is 38.0 Å². The molecular weight excluding hydrogens is 265 g/mol. The van der Waals surface area contributed by atoms with Crippen LogP contribution in [0.25, 0.3) is 0 Å². The summed E-state index contributed by atoms with van der Waals surface area (Å²) in [6.45, 7) is 2.29. The lowest BCUT2D eigenvalue weighted by atomic mass is 10.0. The summed E-state index contributed by atoms with van der Waals surface area (Å²) in [7, 11) is 0. The van der Waals surface area contributed by atoms with Crippen LogP contribution in [0.15, 0.2) is 24.3 Å². The Morgan fingerprint density at radius 2 is 1.90 bits per heavy atom.